The van der Waals surface area contributed by atoms with Crippen molar-refractivity contribution in [1.82, 2.24) is 0 Å². The minimum Gasteiger partial charge on any atom is -0.375 e. The average Bonchev–Trinajstić information content (AvgIpc) is 2.96. The van der Waals surface area contributed by atoms with Crippen LogP contribution in [0.1, 0.15) is 64.2 Å². The van der Waals surface area contributed by atoms with Crippen LogP contribution in [0, 0.1) is 0 Å². The molecule has 3 nitrogen and oxygen atoms in total. The maximum absolute atomic E-state index is 6.32. The minimum atomic E-state index is 0.234. The smallest absolute Gasteiger partial charge is 0.0817 e. The second-order valence-electron chi connectivity index (χ2n) is 6.55. The topological polar surface area (TPSA) is 44.5 Å². The SMILES string of the molecule is NC1CCC(OCC2CCC3(CCCCC3)O2)C1. The third-order valence-electron chi connectivity index (χ3n) is 5.05. The quantitative estimate of drug-likeness (QED) is 0.841. The van der Waals surface area contributed by atoms with Crippen LogP contribution in [0.4, 0.5) is 0 Å². The summed E-state index contributed by atoms with van der Waals surface area (Å²) < 4.78 is 12.3. The number of rotatable bonds is 3. The zero-order valence-corrected chi connectivity index (χ0v) is 11.4. The van der Waals surface area contributed by atoms with Crippen molar-refractivity contribution in [1.29, 1.82) is 0 Å². The second kappa shape index (κ2) is 5.48. The second-order valence-corrected chi connectivity index (χ2v) is 6.55. The molecule has 2 N–H and O–H groups in total. The number of hydrogen-bond acceptors (Lipinski definition) is 3. The van der Waals surface area contributed by atoms with Crippen molar-refractivity contribution in [3.63, 3.8) is 0 Å². The van der Waals surface area contributed by atoms with Crippen LogP contribution in [0.2, 0.25) is 0 Å². The van der Waals surface area contributed by atoms with Gasteiger partial charge >= 0.3 is 0 Å². The summed E-state index contributed by atoms with van der Waals surface area (Å²) in [6.07, 6.45) is 13.1. The van der Waals surface area contributed by atoms with Crippen LogP contribution in [-0.4, -0.2) is 30.5 Å². The molecule has 2 saturated carbocycles. The van der Waals surface area contributed by atoms with E-state index in [1.54, 1.807) is 0 Å². The summed E-state index contributed by atoms with van der Waals surface area (Å²) >= 11 is 0. The third-order valence-corrected chi connectivity index (χ3v) is 5.05. The number of hydrogen-bond donors (Lipinski definition) is 1. The van der Waals surface area contributed by atoms with Crippen LogP contribution >= 0.6 is 0 Å². The van der Waals surface area contributed by atoms with E-state index in [4.69, 9.17) is 15.2 Å². The van der Waals surface area contributed by atoms with E-state index in [0.717, 1.165) is 25.9 Å². The zero-order chi connectivity index (χ0) is 12.4. The van der Waals surface area contributed by atoms with Crippen molar-refractivity contribution >= 4 is 0 Å². The van der Waals surface area contributed by atoms with E-state index < -0.39 is 0 Å². The van der Waals surface area contributed by atoms with E-state index in [-0.39, 0.29) is 5.60 Å². The fourth-order valence-corrected chi connectivity index (χ4v) is 3.94. The van der Waals surface area contributed by atoms with Crippen molar-refractivity contribution in [2.75, 3.05) is 6.61 Å². The Hall–Kier alpha value is -0.120. The molecule has 104 valence electrons. The highest BCUT2D eigenvalue weighted by atomic mass is 16.6. The molecule has 1 spiro atoms. The van der Waals surface area contributed by atoms with Crippen LogP contribution in [0.3, 0.4) is 0 Å². The molecule has 0 radical (unpaired) electrons. The number of ether oxygens (including phenoxy) is 2. The molecule has 3 unspecified atom stereocenters. The molecule has 0 bridgehead atoms. The van der Waals surface area contributed by atoms with Gasteiger partial charge in [0.2, 0.25) is 0 Å². The van der Waals surface area contributed by atoms with Crippen molar-refractivity contribution in [3.8, 4) is 0 Å². The third kappa shape index (κ3) is 2.89. The van der Waals surface area contributed by atoms with Crippen molar-refractivity contribution in [3.05, 3.63) is 0 Å². The first-order valence-corrected chi connectivity index (χ1v) is 7.81. The van der Waals surface area contributed by atoms with E-state index in [0.29, 0.717) is 18.2 Å². The van der Waals surface area contributed by atoms with Gasteiger partial charge in [0.05, 0.1) is 24.4 Å². The molecular formula is C15H27NO2. The highest BCUT2D eigenvalue weighted by molar-refractivity contribution is 4.91. The first kappa shape index (κ1) is 12.9. The molecule has 0 aromatic carbocycles. The lowest BCUT2D eigenvalue weighted by molar-refractivity contribution is -0.0976. The van der Waals surface area contributed by atoms with E-state index >= 15 is 0 Å². The van der Waals surface area contributed by atoms with Gasteiger partial charge < -0.3 is 15.2 Å². The van der Waals surface area contributed by atoms with Gasteiger partial charge in [0.1, 0.15) is 0 Å². The molecule has 3 aliphatic rings. The summed E-state index contributed by atoms with van der Waals surface area (Å²) in [4.78, 5) is 0. The first-order valence-electron chi connectivity index (χ1n) is 7.81. The van der Waals surface area contributed by atoms with Crippen molar-refractivity contribution in [2.24, 2.45) is 5.73 Å². The Morgan fingerprint density at radius 2 is 1.89 bits per heavy atom. The lowest BCUT2D eigenvalue weighted by Gasteiger charge is -2.33. The predicted octanol–water partition coefficient (Wildman–Crippen LogP) is 2.76. The fourth-order valence-electron chi connectivity index (χ4n) is 3.94. The van der Waals surface area contributed by atoms with Crippen molar-refractivity contribution in [2.45, 2.75) is 88.1 Å². The fraction of sp³-hybridized carbons (Fsp3) is 1.00. The Balaban J connectivity index is 1.42. The summed E-state index contributed by atoms with van der Waals surface area (Å²) in [5.74, 6) is 0. The molecule has 0 aromatic rings. The Kier molecular flexibility index (Phi) is 3.92. The van der Waals surface area contributed by atoms with Gasteiger partial charge in [-0.15, -0.1) is 0 Å². The molecule has 0 amide bonds. The first-order chi connectivity index (χ1) is 8.76. The highest BCUT2D eigenvalue weighted by Crippen LogP contribution is 2.42. The van der Waals surface area contributed by atoms with E-state index in [1.807, 2.05) is 0 Å². The summed E-state index contributed by atoms with van der Waals surface area (Å²) in [7, 11) is 0. The summed E-state index contributed by atoms with van der Waals surface area (Å²) in [5.41, 5.74) is 6.14. The number of nitrogens with two attached hydrogens (primary N) is 1. The maximum atomic E-state index is 6.32. The van der Waals surface area contributed by atoms with E-state index in [2.05, 4.69) is 0 Å². The Morgan fingerprint density at radius 3 is 2.61 bits per heavy atom. The highest BCUT2D eigenvalue weighted by Gasteiger charge is 2.41. The Morgan fingerprint density at radius 1 is 1.06 bits per heavy atom. The molecule has 2 aliphatic carbocycles. The average molecular weight is 253 g/mol. The van der Waals surface area contributed by atoms with Gasteiger partial charge in [-0.2, -0.15) is 0 Å². The normalized spacial score (nSPS) is 39.5. The molecule has 3 rings (SSSR count). The van der Waals surface area contributed by atoms with Gasteiger partial charge in [-0.1, -0.05) is 19.3 Å². The Bertz CT molecular complexity index is 276. The summed E-state index contributed by atoms with van der Waals surface area (Å²) in [6, 6.07) is 0.365. The zero-order valence-electron chi connectivity index (χ0n) is 11.4. The molecular weight excluding hydrogens is 226 g/mol. The van der Waals surface area contributed by atoms with Gasteiger partial charge in [-0.25, -0.2) is 0 Å². The minimum absolute atomic E-state index is 0.234. The molecule has 1 heterocycles. The molecule has 3 atom stereocenters. The summed E-state index contributed by atoms with van der Waals surface area (Å²) in [5, 5.41) is 0. The van der Waals surface area contributed by atoms with Crippen LogP contribution in [-0.2, 0) is 9.47 Å². The van der Waals surface area contributed by atoms with Gasteiger partial charge in [0.15, 0.2) is 0 Å². The monoisotopic (exact) mass is 253 g/mol. The lowest BCUT2D eigenvalue weighted by Crippen LogP contribution is -2.33. The molecule has 1 aliphatic heterocycles. The predicted molar refractivity (Wildman–Crippen MR) is 71.5 cm³/mol. The molecule has 3 fully saturated rings. The van der Waals surface area contributed by atoms with Gasteiger partial charge in [-0.05, 0) is 44.9 Å². The van der Waals surface area contributed by atoms with E-state index in [1.165, 1.54) is 44.9 Å². The Labute approximate surface area is 110 Å². The largest absolute Gasteiger partial charge is 0.375 e. The van der Waals surface area contributed by atoms with Crippen LogP contribution in [0.5, 0.6) is 0 Å². The molecule has 3 heteroatoms. The van der Waals surface area contributed by atoms with Crippen molar-refractivity contribution < 1.29 is 9.47 Å². The molecule has 1 saturated heterocycles. The van der Waals surface area contributed by atoms with Crippen LogP contribution < -0.4 is 5.73 Å². The van der Waals surface area contributed by atoms with Gasteiger partial charge in [0.25, 0.3) is 0 Å². The van der Waals surface area contributed by atoms with Gasteiger partial charge in [0, 0.05) is 6.04 Å². The van der Waals surface area contributed by atoms with Crippen LogP contribution in [0.15, 0.2) is 0 Å². The standard InChI is InChI=1S/C15H27NO2/c16-12-4-5-13(10-12)17-11-14-6-9-15(18-14)7-2-1-3-8-15/h12-14H,1-11,16H2. The van der Waals surface area contributed by atoms with Crippen LogP contribution in [0.25, 0.3) is 0 Å². The maximum Gasteiger partial charge on any atom is 0.0817 e. The van der Waals surface area contributed by atoms with Gasteiger partial charge in [-0.3, -0.25) is 0 Å². The lowest BCUT2D eigenvalue weighted by atomic mass is 9.83. The van der Waals surface area contributed by atoms with E-state index in [9.17, 15) is 0 Å². The molecule has 0 aromatic heterocycles. The summed E-state index contributed by atoms with van der Waals surface area (Å²) in [6.45, 7) is 0.791. The molecule has 18 heavy (non-hydrogen) atoms.